The van der Waals surface area contributed by atoms with Gasteiger partial charge in [0.1, 0.15) is 0 Å². The molecule has 6 heteroatoms. The Bertz CT molecular complexity index is 1010. The zero-order valence-electron chi connectivity index (χ0n) is 21.7. The second kappa shape index (κ2) is 10.1. The predicted octanol–water partition coefficient (Wildman–Crippen LogP) is 4.36. The van der Waals surface area contributed by atoms with E-state index in [4.69, 9.17) is 0 Å². The quantitative estimate of drug-likeness (QED) is 0.615. The third-order valence-electron chi connectivity index (χ3n) is 8.53. The average Bonchev–Trinajstić information content (AvgIpc) is 3.17. The lowest BCUT2D eigenvalue weighted by atomic mass is 9.64. The Hall–Kier alpha value is -2.73. The van der Waals surface area contributed by atoms with Gasteiger partial charge in [-0.25, -0.2) is 0 Å². The molecule has 0 unspecified atom stereocenters. The Morgan fingerprint density at radius 3 is 2.34 bits per heavy atom. The molecule has 2 fully saturated rings. The molecule has 1 aromatic carbocycles. The van der Waals surface area contributed by atoms with Crippen LogP contribution in [-0.4, -0.2) is 53.8 Å². The number of pyridine rings is 1. The lowest BCUT2D eigenvalue weighted by Gasteiger charge is -2.49. The van der Waals surface area contributed by atoms with Gasteiger partial charge in [-0.2, -0.15) is 0 Å². The Labute approximate surface area is 210 Å². The maximum atomic E-state index is 13.0. The van der Waals surface area contributed by atoms with Crippen LogP contribution in [0.4, 0.5) is 0 Å². The Balaban J connectivity index is 1.33. The summed E-state index contributed by atoms with van der Waals surface area (Å²) < 4.78 is 0. The fourth-order valence-electron chi connectivity index (χ4n) is 5.91. The van der Waals surface area contributed by atoms with Crippen LogP contribution in [-0.2, 0) is 21.7 Å². The number of benzene rings is 1. The fourth-order valence-corrected chi connectivity index (χ4v) is 5.91. The van der Waals surface area contributed by atoms with Crippen LogP contribution < -0.4 is 5.32 Å². The van der Waals surface area contributed by atoms with Gasteiger partial charge in [0, 0.05) is 49.4 Å². The van der Waals surface area contributed by atoms with Crippen LogP contribution in [0.25, 0.3) is 0 Å². The van der Waals surface area contributed by atoms with Crippen LogP contribution >= 0.6 is 0 Å². The lowest BCUT2D eigenvalue weighted by molar-refractivity contribution is -0.132. The van der Waals surface area contributed by atoms with Crippen molar-refractivity contribution in [3.05, 3.63) is 66.0 Å². The first-order valence-electron chi connectivity index (χ1n) is 12.8. The smallest absolute Gasteiger partial charge is 0.225 e. The van der Waals surface area contributed by atoms with Gasteiger partial charge in [0.2, 0.25) is 11.8 Å². The standard InChI is InChI=1S/C29H40N4O2/c1-27(2,26(35)31-21-23-10-17-30-18-11-23)16-19-33-22-28(20-25(33)34)12-14-29(15-13-28,32(3)4)24-8-6-5-7-9-24/h5-11,17-18H,12-16,19-22H2,1-4H3,(H,31,35). The van der Waals surface area contributed by atoms with Gasteiger partial charge in [0.25, 0.3) is 0 Å². The van der Waals surface area contributed by atoms with Crippen LogP contribution in [0.2, 0.25) is 0 Å². The monoisotopic (exact) mass is 476 g/mol. The van der Waals surface area contributed by atoms with Crippen molar-refractivity contribution >= 4 is 11.8 Å². The van der Waals surface area contributed by atoms with Crippen molar-refractivity contribution in [1.29, 1.82) is 0 Å². The molecule has 35 heavy (non-hydrogen) atoms. The number of carbonyl (C=O) groups excluding carboxylic acids is 2. The predicted molar refractivity (Wildman–Crippen MR) is 138 cm³/mol. The maximum absolute atomic E-state index is 13.0. The molecule has 0 bridgehead atoms. The Morgan fingerprint density at radius 1 is 1.06 bits per heavy atom. The number of hydrogen-bond acceptors (Lipinski definition) is 4. The highest BCUT2D eigenvalue weighted by Crippen LogP contribution is 2.52. The summed E-state index contributed by atoms with van der Waals surface area (Å²) in [6, 6.07) is 14.6. The molecule has 2 aliphatic rings. The summed E-state index contributed by atoms with van der Waals surface area (Å²) in [6.45, 7) is 5.88. The molecule has 1 saturated heterocycles. The number of carbonyl (C=O) groups is 2. The van der Waals surface area contributed by atoms with Gasteiger partial charge in [-0.3, -0.25) is 19.5 Å². The minimum absolute atomic E-state index is 0.0203. The van der Waals surface area contributed by atoms with Gasteiger partial charge >= 0.3 is 0 Å². The second-order valence-electron chi connectivity index (χ2n) is 11.5. The van der Waals surface area contributed by atoms with Crippen molar-refractivity contribution in [1.82, 2.24) is 20.1 Å². The summed E-state index contributed by atoms with van der Waals surface area (Å²) in [5.74, 6) is 0.266. The van der Waals surface area contributed by atoms with E-state index in [2.05, 4.69) is 59.6 Å². The molecule has 188 valence electrons. The highest BCUT2D eigenvalue weighted by Gasteiger charge is 2.50. The molecule has 4 rings (SSSR count). The number of likely N-dealkylation sites (tertiary alicyclic amines) is 1. The molecular formula is C29H40N4O2. The summed E-state index contributed by atoms with van der Waals surface area (Å²) in [4.78, 5) is 34.3. The van der Waals surface area contributed by atoms with E-state index < -0.39 is 5.41 Å². The lowest BCUT2D eigenvalue weighted by Crippen LogP contribution is -2.47. The van der Waals surface area contributed by atoms with Crippen LogP contribution in [0.3, 0.4) is 0 Å². The minimum atomic E-state index is -0.539. The molecule has 1 aliphatic carbocycles. The zero-order valence-corrected chi connectivity index (χ0v) is 21.7. The van der Waals surface area contributed by atoms with Crippen molar-refractivity contribution in [2.45, 2.75) is 64.5 Å². The summed E-state index contributed by atoms with van der Waals surface area (Å²) in [7, 11) is 4.36. The van der Waals surface area contributed by atoms with E-state index in [-0.39, 0.29) is 22.8 Å². The first-order chi connectivity index (χ1) is 16.7. The largest absolute Gasteiger partial charge is 0.352 e. The molecule has 1 N–H and O–H groups in total. The van der Waals surface area contributed by atoms with Crippen LogP contribution in [0.15, 0.2) is 54.9 Å². The topological polar surface area (TPSA) is 65.5 Å². The van der Waals surface area contributed by atoms with Gasteiger partial charge in [-0.05, 0) is 74.9 Å². The highest BCUT2D eigenvalue weighted by atomic mass is 16.2. The molecule has 1 aliphatic heterocycles. The first-order valence-corrected chi connectivity index (χ1v) is 12.8. The highest BCUT2D eigenvalue weighted by molar-refractivity contribution is 5.82. The number of nitrogens with zero attached hydrogens (tertiary/aromatic N) is 3. The molecular weight excluding hydrogens is 436 g/mol. The summed E-state index contributed by atoms with van der Waals surface area (Å²) in [5, 5.41) is 3.04. The SMILES string of the molecule is CN(C)C1(c2ccccc2)CCC2(CC1)CC(=O)N(CCC(C)(C)C(=O)NCc1ccncc1)C2. The van der Waals surface area contributed by atoms with Crippen LogP contribution in [0.1, 0.15) is 63.5 Å². The van der Waals surface area contributed by atoms with Gasteiger partial charge in [-0.15, -0.1) is 0 Å². The Morgan fingerprint density at radius 2 is 1.71 bits per heavy atom. The van der Waals surface area contributed by atoms with Crippen LogP contribution in [0.5, 0.6) is 0 Å². The number of aromatic nitrogens is 1. The van der Waals surface area contributed by atoms with Crippen molar-refractivity contribution in [2.75, 3.05) is 27.2 Å². The normalized spacial score (nSPS) is 24.8. The summed E-state index contributed by atoms with van der Waals surface area (Å²) in [5.41, 5.74) is 1.97. The summed E-state index contributed by atoms with van der Waals surface area (Å²) in [6.07, 6.45) is 8.99. The molecule has 0 radical (unpaired) electrons. The van der Waals surface area contributed by atoms with Gasteiger partial charge in [0.15, 0.2) is 0 Å². The third kappa shape index (κ3) is 5.43. The van der Waals surface area contributed by atoms with E-state index in [0.29, 0.717) is 25.9 Å². The van der Waals surface area contributed by atoms with Gasteiger partial charge < -0.3 is 10.2 Å². The molecule has 2 aromatic rings. The molecule has 1 aromatic heterocycles. The van der Waals surface area contributed by atoms with Crippen molar-refractivity contribution in [3.8, 4) is 0 Å². The van der Waals surface area contributed by atoms with E-state index in [1.807, 2.05) is 30.9 Å². The molecule has 2 amide bonds. The summed E-state index contributed by atoms with van der Waals surface area (Å²) >= 11 is 0. The van der Waals surface area contributed by atoms with Gasteiger partial charge in [0.05, 0.1) is 0 Å². The van der Waals surface area contributed by atoms with Crippen molar-refractivity contribution in [2.24, 2.45) is 10.8 Å². The average molecular weight is 477 g/mol. The van der Waals surface area contributed by atoms with Crippen molar-refractivity contribution in [3.63, 3.8) is 0 Å². The van der Waals surface area contributed by atoms with Gasteiger partial charge in [-0.1, -0.05) is 44.2 Å². The number of rotatable bonds is 8. The van der Waals surface area contributed by atoms with E-state index in [0.717, 1.165) is 37.8 Å². The van der Waals surface area contributed by atoms with Crippen molar-refractivity contribution < 1.29 is 9.59 Å². The minimum Gasteiger partial charge on any atom is -0.352 e. The fraction of sp³-hybridized carbons (Fsp3) is 0.552. The van der Waals surface area contributed by atoms with E-state index >= 15 is 0 Å². The van der Waals surface area contributed by atoms with Crippen LogP contribution in [0, 0.1) is 10.8 Å². The molecule has 0 atom stereocenters. The number of amides is 2. The number of nitrogens with one attached hydrogen (secondary N) is 1. The maximum Gasteiger partial charge on any atom is 0.225 e. The first kappa shape index (κ1) is 25.4. The second-order valence-corrected chi connectivity index (χ2v) is 11.5. The Kier molecular flexibility index (Phi) is 7.32. The zero-order chi connectivity index (χ0) is 25.1. The molecule has 2 heterocycles. The number of hydrogen-bond donors (Lipinski definition) is 1. The molecule has 1 spiro atoms. The van der Waals surface area contributed by atoms with E-state index in [9.17, 15) is 9.59 Å². The van der Waals surface area contributed by atoms with E-state index in [1.54, 1.807) is 12.4 Å². The third-order valence-corrected chi connectivity index (χ3v) is 8.53. The molecule has 1 saturated carbocycles. The molecule has 6 nitrogen and oxygen atoms in total. The van der Waals surface area contributed by atoms with E-state index in [1.165, 1.54) is 5.56 Å².